The quantitative estimate of drug-likeness (QED) is 0.580. The van der Waals surface area contributed by atoms with Gasteiger partial charge in [0.05, 0.1) is 30.7 Å². The van der Waals surface area contributed by atoms with E-state index in [2.05, 4.69) is 5.10 Å². The molecule has 3 heterocycles. The molecule has 2 fully saturated rings. The van der Waals surface area contributed by atoms with E-state index in [0.29, 0.717) is 17.0 Å². The molecule has 0 radical (unpaired) electrons. The zero-order valence-corrected chi connectivity index (χ0v) is 16.2. The molecule has 0 aromatic heterocycles. The molecule has 4 atom stereocenters. The number of hydrogen-bond acceptors (Lipinski definition) is 6. The summed E-state index contributed by atoms with van der Waals surface area (Å²) in [6.07, 6.45) is 5.16. The molecule has 0 N–H and O–H groups in total. The van der Waals surface area contributed by atoms with Gasteiger partial charge in [0.25, 0.3) is 0 Å². The molecule has 3 aliphatic rings. The van der Waals surface area contributed by atoms with Gasteiger partial charge in [0, 0.05) is 11.8 Å². The number of anilines is 1. The number of carbonyl (C=O) groups is 3. The lowest BCUT2D eigenvalue weighted by atomic mass is 9.86. The number of methoxy groups -OCH3 is 1. The maximum Gasteiger partial charge on any atom is 0.240 e. The second-order valence-corrected chi connectivity index (χ2v) is 7.43. The van der Waals surface area contributed by atoms with Gasteiger partial charge in [-0.25, -0.2) is 4.90 Å². The Morgan fingerprint density at radius 2 is 1.67 bits per heavy atom. The van der Waals surface area contributed by atoms with Crippen molar-refractivity contribution in [1.82, 2.24) is 5.01 Å². The lowest BCUT2D eigenvalue weighted by molar-refractivity contribution is -0.123. The zero-order valence-electron chi connectivity index (χ0n) is 16.2. The Hall–Kier alpha value is -3.74. The summed E-state index contributed by atoms with van der Waals surface area (Å²) < 4.78 is 5.37. The van der Waals surface area contributed by atoms with Crippen LogP contribution >= 0.6 is 0 Å². The van der Waals surface area contributed by atoms with Crippen LogP contribution in [0.2, 0.25) is 0 Å². The Bertz CT molecular complexity index is 1090. The number of ketones is 1. The summed E-state index contributed by atoms with van der Waals surface area (Å²) in [5.74, 6) is -2.03. The van der Waals surface area contributed by atoms with Gasteiger partial charge < -0.3 is 4.74 Å². The van der Waals surface area contributed by atoms with Crippen molar-refractivity contribution in [2.45, 2.75) is 12.1 Å². The molecule has 2 saturated heterocycles. The SMILES string of the molecule is COc1ccccc1N1C(=O)[C@@H]2[C@H](C1=O)[C@@H](C(=O)c1ccccc1)N1N=CC=C[C@H]21. The number of fused-ring (bicyclic) bond motifs is 3. The van der Waals surface area contributed by atoms with Gasteiger partial charge in [-0.3, -0.25) is 19.4 Å². The fourth-order valence-electron chi connectivity index (χ4n) is 4.66. The van der Waals surface area contributed by atoms with E-state index < -0.39 is 29.8 Å². The molecule has 30 heavy (non-hydrogen) atoms. The van der Waals surface area contributed by atoms with Gasteiger partial charge in [-0.15, -0.1) is 0 Å². The van der Waals surface area contributed by atoms with Gasteiger partial charge in [-0.1, -0.05) is 48.5 Å². The van der Waals surface area contributed by atoms with Gasteiger partial charge in [0.15, 0.2) is 5.78 Å². The van der Waals surface area contributed by atoms with Crippen molar-refractivity contribution in [2.24, 2.45) is 16.9 Å². The highest BCUT2D eigenvalue weighted by atomic mass is 16.5. The molecule has 2 amide bonds. The predicted octanol–water partition coefficient (Wildman–Crippen LogP) is 2.29. The van der Waals surface area contributed by atoms with Crippen LogP contribution in [0.3, 0.4) is 0 Å². The molecule has 0 aliphatic carbocycles. The van der Waals surface area contributed by atoms with E-state index in [-0.39, 0.29) is 11.7 Å². The second-order valence-electron chi connectivity index (χ2n) is 7.43. The molecule has 3 aliphatic heterocycles. The first-order chi connectivity index (χ1) is 14.6. The van der Waals surface area contributed by atoms with E-state index >= 15 is 0 Å². The lowest BCUT2D eigenvalue weighted by Crippen LogP contribution is -2.46. The summed E-state index contributed by atoms with van der Waals surface area (Å²) in [5, 5.41) is 5.97. The summed E-state index contributed by atoms with van der Waals surface area (Å²) in [6, 6.07) is 14.4. The van der Waals surface area contributed by atoms with Crippen LogP contribution in [0.1, 0.15) is 10.4 Å². The molecule has 7 nitrogen and oxygen atoms in total. The van der Waals surface area contributed by atoms with Gasteiger partial charge in [0.2, 0.25) is 11.8 Å². The second kappa shape index (κ2) is 6.95. The summed E-state index contributed by atoms with van der Waals surface area (Å²) in [6.45, 7) is 0. The van der Waals surface area contributed by atoms with Crippen LogP contribution in [-0.4, -0.2) is 48.0 Å². The van der Waals surface area contributed by atoms with Crippen LogP contribution in [-0.2, 0) is 9.59 Å². The van der Waals surface area contributed by atoms with Crippen molar-refractivity contribution >= 4 is 29.5 Å². The van der Waals surface area contributed by atoms with Crippen LogP contribution in [0.15, 0.2) is 71.9 Å². The van der Waals surface area contributed by atoms with Crippen molar-refractivity contribution in [3.63, 3.8) is 0 Å². The van der Waals surface area contributed by atoms with Crippen LogP contribution < -0.4 is 9.64 Å². The minimum atomic E-state index is -0.847. The number of hydrazone groups is 1. The first kappa shape index (κ1) is 18.3. The minimum Gasteiger partial charge on any atom is -0.495 e. The molecular weight excluding hydrogens is 382 g/mol. The van der Waals surface area contributed by atoms with Crippen molar-refractivity contribution in [3.8, 4) is 5.75 Å². The number of imide groups is 1. The fraction of sp³-hybridized carbons (Fsp3) is 0.217. The molecule has 2 aromatic rings. The number of para-hydroxylation sites is 2. The lowest BCUT2D eigenvalue weighted by Gasteiger charge is -2.30. The molecule has 7 heteroatoms. The number of Topliss-reactive ketones (excluding diaryl/α,β-unsaturated/α-hetero) is 1. The highest BCUT2D eigenvalue weighted by Crippen LogP contribution is 2.47. The summed E-state index contributed by atoms with van der Waals surface area (Å²) in [4.78, 5) is 41.6. The Balaban J connectivity index is 1.60. The van der Waals surface area contributed by atoms with Crippen molar-refractivity contribution in [3.05, 3.63) is 72.3 Å². The van der Waals surface area contributed by atoms with Crippen molar-refractivity contribution < 1.29 is 19.1 Å². The monoisotopic (exact) mass is 401 g/mol. The third-order valence-electron chi connectivity index (χ3n) is 5.94. The van der Waals surface area contributed by atoms with E-state index in [4.69, 9.17) is 4.74 Å². The molecular formula is C23H19N3O4. The molecule has 0 bridgehead atoms. The molecule has 0 spiro atoms. The number of nitrogens with zero attached hydrogens (tertiary/aromatic N) is 3. The third kappa shape index (κ3) is 2.51. The highest BCUT2D eigenvalue weighted by Gasteiger charge is 2.64. The predicted molar refractivity (Wildman–Crippen MR) is 110 cm³/mol. The molecule has 150 valence electrons. The number of allylic oxidation sites excluding steroid dienone is 1. The molecule has 5 rings (SSSR count). The molecule has 0 unspecified atom stereocenters. The Labute approximate surface area is 173 Å². The highest BCUT2D eigenvalue weighted by molar-refractivity contribution is 6.25. The number of hydrogen-bond donors (Lipinski definition) is 0. The number of ether oxygens (including phenoxy) is 1. The summed E-state index contributed by atoms with van der Waals surface area (Å²) >= 11 is 0. The first-order valence-corrected chi connectivity index (χ1v) is 9.72. The topological polar surface area (TPSA) is 79.3 Å². The standard InChI is InChI=1S/C23H19N3O4/c1-30-17-12-6-5-10-15(17)25-22(28)18-16-11-7-13-24-26(16)20(19(18)23(25)29)21(27)14-8-3-2-4-9-14/h2-13,16,18-20H,1H3/t16-,18+,19+,20+/m1/s1. The first-order valence-electron chi connectivity index (χ1n) is 9.72. The summed E-state index contributed by atoms with van der Waals surface area (Å²) in [7, 11) is 1.49. The smallest absolute Gasteiger partial charge is 0.240 e. The van der Waals surface area contributed by atoms with E-state index in [1.807, 2.05) is 12.1 Å². The molecule has 2 aromatic carbocycles. The van der Waals surface area contributed by atoms with Crippen molar-refractivity contribution in [1.29, 1.82) is 0 Å². The average Bonchev–Trinajstić information content (AvgIpc) is 3.26. The maximum atomic E-state index is 13.6. The van der Waals surface area contributed by atoms with Crippen LogP contribution in [0, 0.1) is 11.8 Å². The fourth-order valence-corrected chi connectivity index (χ4v) is 4.66. The van der Waals surface area contributed by atoms with Crippen molar-refractivity contribution in [2.75, 3.05) is 12.0 Å². The third-order valence-corrected chi connectivity index (χ3v) is 5.94. The van der Waals surface area contributed by atoms with Gasteiger partial charge in [-0.05, 0) is 18.2 Å². The normalized spacial score (nSPS) is 26.7. The van der Waals surface area contributed by atoms with E-state index in [9.17, 15) is 14.4 Å². The average molecular weight is 401 g/mol. The number of carbonyl (C=O) groups excluding carboxylic acids is 3. The number of rotatable bonds is 4. The largest absolute Gasteiger partial charge is 0.495 e. The van der Waals surface area contributed by atoms with E-state index in [1.54, 1.807) is 65.8 Å². The Morgan fingerprint density at radius 3 is 2.43 bits per heavy atom. The zero-order chi connectivity index (χ0) is 20.8. The van der Waals surface area contributed by atoms with Crippen LogP contribution in [0.25, 0.3) is 0 Å². The Morgan fingerprint density at radius 1 is 0.967 bits per heavy atom. The maximum absolute atomic E-state index is 13.6. The number of amides is 2. The van der Waals surface area contributed by atoms with E-state index in [1.165, 1.54) is 12.0 Å². The van der Waals surface area contributed by atoms with Gasteiger partial charge in [0.1, 0.15) is 11.8 Å². The minimum absolute atomic E-state index is 0.219. The number of benzene rings is 2. The van der Waals surface area contributed by atoms with Crippen LogP contribution in [0.4, 0.5) is 5.69 Å². The van der Waals surface area contributed by atoms with Crippen LogP contribution in [0.5, 0.6) is 5.75 Å². The molecule has 0 saturated carbocycles. The summed E-state index contributed by atoms with van der Waals surface area (Å²) in [5.41, 5.74) is 0.882. The van der Waals surface area contributed by atoms with E-state index in [0.717, 1.165) is 0 Å². The Kier molecular flexibility index (Phi) is 4.24. The van der Waals surface area contributed by atoms with Gasteiger partial charge in [-0.2, -0.15) is 5.10 Å². The van der Waals surface area contributed by atoms with Gasteiger partial charge >= 0.3 is 0 Å².